The predicted octanol–water partition coefficient (Wildman–Crippen LogP) is 2.25. The van der Waals surface area contributed by atoms with Gasteiger partial charge in [0.05, 0.1) is 18.7 Å². The number of ether oxygens (including phenoxy) is 1. The standard InChI is InChI=1S/C16H23N3O3/c1-16(2,3)10-18-15(21)17-9-11-4-5-13-12(8-11)19-14(20)6-7-22-13/h4-5,8H,6-7,9-10H2,1-3H3,(H,19,20)(H2,17,18,21). The van der Waals surface area contributed by atoms with E-state index in [1.54, 1.807) is 0 Å². The number of carbonyl (C=O) groups is 2. The Morgan fingerprint density at radius 2 is 2.09 bits per heavy atom. The third-order valence-corrected chi connectivity index (χ3v) is 3.14. The Labute approximate surface area is 130 Å². The number of urea groups is 1. The van der Waals surface area contributed by atoms with Crippen LogP contribution >= 0.6 is 0 Å². The summed E-state index contributed by atoms with van der Waals surface area (Å²) < 4.78 is 5.49. The van der Waals surface area contributed by atoms with Gasteiger partial charge in [0, 0.05) is 13.1 Å². The fourth-order valence-electron chi connectivity index (χ4n) is 1.97. The molecule has 3 amide bonds. The van der Waals surface area contributed by atoms with Crippen LogP contribution in [0.4, 0.5) is 10.5 Å². The predicted molar refractivity (Wildman–Crippen MR) is 84.9 cm³/mol. The number of hydrogen-bond acceptors (Lipinski definition) is 3. The molecule has 0 bridgehead atoms. The van der Waals surface area contributed by atoms with E-state index in [0.717, 1.165) is 5.56 Å². The van der Waals surface area contributed by atoms with E-state index in [1.807, 2.05) is 18.2 Å². The van der Waals surface area contributed by atoms with Gasteiger partial charge in [-0.2, -0.15) is 0 Å². The van der Waals surface area contributed by atoms with Gasteiger partial charge < -0.3 is 20.7 Å². The molecule has 6 nitrogen and oxygen atoms in total. The third kappa shape index (κ3) is 4.95. The van der Waals surface area contributed by atoms with Crippen molar-refractivity contribution in [2.45, 2.75) is 33.7 Å². The lowest BCUT2D eigenvalue weighted by Gasteiger charge is -2.19. The van der Waals surface area contributed by atoms with Crippen LogP contribution < -0.4 is 20.7 Å². The molecule has 22 heavy (non-hydrogen) atoms. The number of carbonyl (C=O) groups excluding carboxylic acids is 2. The van der Waals surface area contributed by atoms with Gasteiger partial charge in [-0.05, 0) is 23.1 Å². The summed E-state index contributed by atoms with van der Waals surface area (Å²) in [5, 5.41) is 8.43. The summed E-state index contributed by atoms with van der Waals surface area (Å²) in [5.41, 5.74) is 1.59. The first-order valence-electron chi connectivity index (χ1n) is 7.41. The van der Waals surface area contributed by atoms with E-state index in [2.05, 4.69) is 36.7 Å². The van der Waals surface area contributed by atoms with Gasteiger partial charge in [-0.15, -0.1) is 0 Å². The highest BCUT2D eigenvalue weighted by molar-refractivity contribution is 5.93. The first-order valence-corrected chi connectivity index (χ1v) is 7.41. The van der Waals surface area contributed by atoms with Crippen LogP contribution in [0.3, 0.4) is 0 Å². The zero-order chi connectivity index (χ0) is 16.2. The van der Waals surface area contributed by atoms with E-state index in [-0.39, 0.29) is 17.4 Å². The van der Waals surface area contributed by atoms with E-state index in [0.29, 0.717) is 37.6 Å². The van der Waals surface area contributed by atoms with Crippen LogP contribution in [0, 0.1) is 5.41 Å². The molecule has 0 aromatic heterocycles. The molecule has 0 unspecified atom stereocenters. The van der Waals surface area contributed by atoms with Crippen molar-refractivity contribution in [3.63, 3.8) is 0 Å². The van der Waals surface area contributed by atoms with Crippen molar-refractivity contribution in [2.75, 3.05) is 18.5 Å². The smallest absolute Gasteiger partial charge is 0.315 e. The van der Waals surface area contributed by atoms with Gasteiger partial charge >= 0.3 is 6.03 Å². The maximum Gasteiger partial charge on any atom is 0.315 e. The third-order valence-electron chi connectivity index (χ3n) is 3.14. The normalized spacial score (nSPS) is 14.2. The summed E-state index contributed by atoms with van der Waals surface area (Å²) in [6.07, 6.45) is 0.345. The number of amides is 3. The van der Waals surface area contributed by atoms with Crippen molar-refractivity contribution in [3.05, 3.63) is 23.8 Å². The number of hydrogen-bond donors (Lipinski definition) is 3. The SMILES string of the molecule is CC(C)(C)CNC(=O)NCc1ccc2c(c1)NC(=O)CCO2. The molecule has 2 rings (SSSR count). The van der Waals surface area contributed by atoms with Gasteiger partial charge in [0.15, 0.2) is 0 Å². The second kappa shape index (κ2) is 6.68. The maximum absolute atomic E-state index is 11.7. The molecule has 1 aliphatic rings. The molecule has 0 fully saturated rings. The number of nitrogens with one attached hydrogen (secondary N) is 3. The Morgan fingerprint density at radius 1 is 1.32 bits per heavy atom. The molecule has 0 spiro atoms. The minimum absolute atomic E-state index is 0.0447. The molecule has 0 atom stereocenters. The molecule has 3 N–H and O–H groups in total. The van der Waals surface area contributed by atoms with E-state index >= 15 is 0 Å². The average Bonchev–Trinajstić information content (AvgIpc) is 2.62. The quantitative estimate of drug-likeness (QED) is 0.801. The van der Waals surface area contributed by atoms with E-state index in [4.69, 9.17) is 4.74 Å². The van der Waals surface area contributed by atoms with Crippen molar-refractivity contribution in [1.82, 2.24) is 10.6 Å². The van der Waals surface area contributed by atoms with E-state index < -0.39 is 0 Å². The lowest BCUT2D eigenvalue weighted by molar-refractivity contribution is -0.116. The first-order chi connectivity index (χ1) is 10.3. The summed E-state index contributed by atoms with van der Waals surface area (Å²) >= 11 is 0. The number of benzene rings is 1. The molecule has 6 heteroatoms. The number of fused-ring (bicyclic) bond motifs is 1. The van der Waals surface area contributed by atoms with Crippen LogP contribution in [0.5, 0.6) is 5.75 Å². The monoisotopic (exact) mass is 305 g/mol. The molecular weight excluding hydrogens is 282 g/mol. The van der Waals surface area contributed by atoms with Crippen LogP contribution in [-0.2, 0) is 11.3 Å². The summed E-state index contributed by atoms with van der Waals surface area (Å²) in [4.78, 5) is 23.3. The van der Waals surface area contributed by atoms with E-state index in [1.165, 1.54) is 0 Å². The summed E-state index contributed by atoms with van der Waals surface area (Å²) in [6.45, 7) is 7.55. The Kier molecular flexibility index (Phi) is 4.90. The molecule has 0 radical (unpaired) electrons. The van der Waals surface area contributed by atoms with Crippen LogP contribution in [0.15, 0.2) is 18.2 Å². The van der Waals surface area contributed by atoms with Crippen LogP contribution in [0.25, 0.3) is 0 Å². The van der Waals surface area contributed by atoms with Crippen LogP contribution in [0.1, 0.15) is 32.8 Å². The van der Waals surface area contributed by atoms with Crippen LogP contribution in [0.2, 0.25) is 0 Å². The van der Waals surface area contributed by atoms with Gasteiger partial charge in [0.25, 0.3) is 0 Å². The second-order valence-electron chi connectivity index (χ2n) is 6.57. The molecule has 0 saturated heterocycles. The molecule has 0 aliphatic carbocycles. The van der Waals surface area contributed by atoms with Gasteiger partial charge in [-0.25, -0.2) is 4.79 Å². The van der Waals surface area contributed by atoms with Crippen molar-refractivity contribution in [3.8, 4) is 5.75 Å². The molecule has 120 valence electrons. The van der Waals surface area contributed by atoms with E-state index in [9.17, 15) is 9.59 Å². The zero-order valence-corrected chi connectivity index (χ0v) is 13.3. The second-order valence-corrected chi connectivity index (χ2v) is 6.57. The summed E-state index contributed by atoms with van der Waals surface area (Å²) in [6, 6.07) is 5.30. The Balaban J connectivity index is 1.91. The molecule has 1 aromatic carbocycles. The van der Waals surface area contributed by atoms with Crippen LogP contribution in [-0.4, -0.2) is 25.1 Å². The van der Waals surface area contributed by atoms with Gasteiger partial charge in [0.2, 0.25) is 5.91 Å². The van der Waals surface area contributed by atoms with Gasteiger partial charge in [-0.3, -0.25) is 4.79 Å². The fraction of sp³-hybridized carbons (Fsp3) is 0.500. The van der Waals surface area contributed by atoms with Crippen molar-refractivity contribution < 1.29 is 14.3 Å². The molecule has 0 saturated carbocycles. The minimum Gasteiger partial charge on any atom is -0.491 e. The Morgan fingerprint density at radius 3 is 2.82 bits per heavy atom. The largest absolute Gasteiger partial charge is 0.491 e. The average molecular weight is 305 g/mol. The molecule has 1 aliphatic heterocycles. The fourth-order valence-corrected chi connectivity index (χ4v) is 1.97. The molecule has 1 aromatic rings. The summed E-state index contributed by atoms with van der Waals surface area (Å²) in [5.74, 6) is 0.596. The highest BCUT2D eigenvalue weighted by Crippen LogP contribution is 2.28. The van der Waals surface area contributed by atoms with Crippen molar-refractivity contribution >= 4 is 17.6 Å². The lowest BCUT2D eigenvalue weighted by Crippen LogP contribution is -2.39. The lowest BCUT2D eigenvalue weighted by atomic mass is 9.97. The van der Waals surface area contributed by atoms with Crippen molar-refractivity contribution in [1.29, 1.82) is 0 Å². The Hall–Kier alpha value is -2.24. The highest BCUT2D eigenvalue weighted by atomic mass is 16.5. The minimum atomic E-state index is -0.204. The Bertz CT molecular complexity index is 564. The number of anilines is 1. The van der Waals surface area contributed by atoms with Gasteiger partial charge in [0.1, 0.15) is 5.75 Å². The van der Waals surface area contributed by atoms with Gasteiger partial charge in [-0.1, -0.05) is 26.8 Å². The maximum atomic E-state index is 11.7. The van der Waals surface area contributed by atoms with Crippen molar-refractivity contribution in [2.24, 2.45) is 5.41 Å². The molecular formula is C16H23N3O3. The zero-order valence-electron chi connectivity index (χ0n) is 13.3. The summed E-state index contributed by atoms with van der Waals surface area (Å²) in [7, 11) is 0. The number of rotatable bonds is 3. The molecule has 1 heterocycles. The topological polar surface area (TPSA) is 79.5 Å². The first kappa shape index (κ1) is 16.1. The highest BCUT2D eigenvalue weighted by Gasteiger charge is 2.15.